The number of imidazole rings is 1. The molecule has 0 aliphatic rings. The fourth-order valence-corrected chi connectivity index (χ4v) is 2.93. The number of fused-ring (bicyclic) bond motifs is 1. The molecule has 3 aromatic rings. The topological polar surface area (TPSA) is 77.8 Å². The molecule has 1 aromatic carbocycles. The van der Waals surface area contributed by atoms with Crippen LogP contribution in [0.1, 0.15) is 11.3 Å². The molecule has 124 valence electrons. The minimum absolute atomic E-state index is 0.545. The molecule has 0 bridgehead atoms. The third-order valence-corrected chi connectivity index (χ3v) is 4.13. The molecule has 7 nitrogen and oxygen atoms in total. The zero-order chi connectivity index (χ0) is 17.2. The van der Waals surface area contributed by atoms with Gasteiger partial charge in [-0.25, -0.2) is 14.3 Å². The maximum Gasteiger partial charge on any atom is 0.409 e. The maximum absolute atomic E-state index is 12.0. The van der Waals surface area contributed by atoms with Crippen molar-refractivity contribution in [3.05, 3.63) is 64.5 Å². The van der Waals surface area contributed by atoms with Gasteiger partial charge < -0.3 is 9.47 Å². The first-order valence-electron chi connectivity index (χ1n) is 7.07. The molecular weight excluding hydrogens is 376 g/mol. The molecule has 24 heavy (non-hydrogen) atoms. The molecule has 0 fully saturated rings. The van der Waals surface area contributed by atoms with Gasteiger partial charge in [0.05, 0.1) is 13.3 Å². The molecule has 3 rings (SSSR count). The van der Waals surface area contributed by atoms with Crippen molar-refractivity contribution in [3.63, 3.8) is 0 Å². The van der Waals surface area contributed by atoms with Gasteiger partial charge in [-0.1, -0.05) is 28.1 Å². The van der Waals surface area contributed by atoms with E-state index in [2.05, 4.69) is 31.3 Å². The summed E-state index contributed by atoms with van der Waals surface area (Å²) in [6, 6.07) is 11.0. The average Bonchev–Trinajstić information content (AvgIpc) is 3.04. The van der Waals surface area contributed by atoms with Crippen molar-refractivity contribution < 1.29 is 14.3 Å². The minimum atomic E-state index is -1.31. The normalized spacial score (nSPS) is 13.5. The number of benzene rings is 1. The first-order chi connectivity index (χ1) is 11.6. The molecule has 1 amide bonds. The number of hydrogen-bond acceptors (Lipinski definition) is 5. The standard InChI is InChI=1S/C16H15BrN4O3/c1-23-15(22)20-16(24-2,11-5-3-6-12(17)9-11)13-10-18-14-7-4-8-19-21(13)14/h3-10H,1-2H3,(H,20,22). The summed E-state index contributed by atoms with van der Waals surface area (Å²) in [5, 5.41) is 7.07. The first-order valence-corrected chi connectivity index (χ1v) is 7.86. The summed E-state index contributed by atoms with van der Waals surface area (Å²) in [5.74, 6) is 0. The predicted octanol–water partition coefficient (Wildman–Crippen LogP) is 2.70. The van der Waals surface area contributed by atoms with Crippen molar-refractivity contribution >= 4 is 27.7 Å². The molecule has 2 heterocycles. The number of nitrogens with one attached hydrogen (secondary N) is 1. The van der Waals surface area contributed by atoms with E-state index in [4.69, 9.17) is 9.47 Å². The van der Waals surface area contributed by atoms with Crippen molar-refractivity contribution in [1.82, 2.24) is 19.9 Å². The largest absolute Gasteiger partial charge is 0.453 e. The third-order valence-electron chi connectivity index (χ3n) is 3.64. The lowest BCUT2D eigenvalue weighted by atomic mass is 9.99. The number of carbonyl (C=O) groups excluding carboxylic acids is 1. The van der Waals surface area contributed by atoms with E-state index in [1.165, 1.54) is 14.2 Å². The van der Waals surface area contributed by atoms with E-state index in [0.717, 1.165) is 4.47 Å². The highest BCUT2D eigenvalue weighted by molar-refractivity contribution is 9.10. The molecule has 0 spiro atoms. The van der Waals surface area contributed by atoms with Gasteiger partial charge in [-0.2, -0.15) is 5.10 Å². The van der Waals surface area contributed by atoms with Crippen LogP contribution in [0.5, 0.6) is 0 Å². The summed E-state index contributed by atoms with van der Waals surface area (Å²) in [6.07, 6.45) is 2.61. The van der Waals surface area contributed by atoms with Crippen molar-refractivity contribution in [2.24, 2.45) is 0 Å². The fourth-order valence-electron chi connectivity index (χ4n) is 2.53. The number of hydrogen-bond donors (Lipinski definition) is 1. The zero-order valence-electron chi connectivity index (χ0n) is 13.1. The Bertz CT molecular complexity index is 882. The van der Waals surface area contributed by atoms with E-state index in [1.807, 2.05) is 30.3 Å². The number of carbonyl (C=O) groups is 1. The summed E-state index contributed by atoms with van der Waals surface area (Å²) in [4.78, 5) is 16.3. The molecule has 0 aliphatic carbocycles. The molecule has 0 aliphatic heterocycles. The number of halogens is 1. The summed E-state index contributed by atoms with van der Waals surface area (Å²) in [6.45, 7) is 0. The van der Waals surface area contributed by atoms with Crippen LogP contribution in [-0.2, 0) is 15.2 Å². The molecule has 1 N–H and O–H groups in total. The fraction of sp³-hybridized carbons (Fsp3) is 0.188. The van der Waals surface area contributed by atoms with E-state index in [0.29, 0.717) is 16.9 Å². The van der Waals surface area contributed by atoms with Crippen molar-refractivity contribution in [2.75, 3.05) is 14.2 Å². The van der Waals surface area contributed by atoms with Crippen molar-refractivity contribution in [3.8, 4) is 0 Å². The van der Waals surface area contributed by atoms with Crippen LogP contribution in [0.3, 0.4) is 0 Å². The first kappa shape index (κ1) is 16.4. The van der Waals surface area contributed by atoms with E-state index in [-0.39, 0.29) is 0 Å². The number of ether oxygens (including phenoxy) is 2. The summed E-state index contributed by atoms with van der Waals surface area (Å²) in [5.41, 5.74) is 0.557. The van der Waals surface area contributed by atoms with Crippen LogP contribution in [0.2, 0.25) is 0 Å². The van der Waals surface area contributed by atoms with Crippen LogP contribution < -0.4 is 5.32 Å². The molecule has 1 unspecified atom stereocenters. The monoisotopic (exact) mass is 390 g/mol. The zero-order valence-corrected chi connectivity index (χ0v) is 14.6. The molecule has 0 saturated carbocycles. The van der Waals surface area contributed by atoms with Gasteiger partial charge in [0.2, 0.25) is 5.72 Å². The highest BCUT2D eigenvalue weighted by Crippen LogP contribution is 2.32. The van der Waals surface area contributed by atoms with Gasteiger partial charge in [0.1, 0.15) is 5.69 Å². The third kappa shape index (κ3) is 2.74. The van der Waals surface area contributed by atoms with Crippen molar-refractivity contribution in [2.45, 2.75) is 5.72 Å². The van der Waals surface area contributed by atoms with Gasteiger partial charge in [0.15, 0.2) is 5.65 Å². The average molecular weight is 391 g/mol. The molecule has 0 saturated heterocycles. The lowest BCUT2D eigenvalue weighted by Gasteiger charge is -2.32. The molecule has 1 atom stereocenters. The minimum Gasteiger partial charge on any atom is -0.453 e. The van der Waals surface area contributed by atoms with Crippen molar-refractivity contribution in [1.29, 1.82) is 0 Å². The summed E-state index contributed by atoms with van der Waals surface area (Å²) < 4.78 is 13.0. The Labute approximate surface area is 146 Å². The smallest absolute Gasteiger partial charge is 0.409 e. The van der Waals surface area contributed by atoms with Crippen LogP contribution in [0, 0.1) is 0 Å². The van der Waals surface area contributed by atoms with Crippen LogP contribution in [0.25, 0.3) is 5.65 Å². The number of nitrogens with zero attached hydrogens (tertiary/aromatic N) is 3. The van der Waals surface area contributed by atoms with Gasteiger partial charge in [-0.15, -0.1) is 0 Å². The number of rotatable bonds is 4. The second-order valence-electron chi connectivity index (χ2n) is 4.95. The van der Waals surface area contributed by atoms with Gasteiger partial charge in [-0.05, 0) is 24.3 Å². The lowest BCUT2D eigenvalue weighted by Crippen LogP contribution is -2.49. The highest BCUT2D eigenvalue weighted by atomic mass is 79.9. The highest BCUT2D eigenvalue weighted by Gasteiger charge is 2.40. The second kappa shape index (κ2) is 6.58. The number of methoxy groups -OCH3 is 2. The Morgan fingerprint density at radius 3 is 2.83 bits per heavy atom. The maximum atomic E-state index is 12.0. The van der Waals surface area contributed by atoms with Gasteiger partial charge in [-0.3, -0.25) is 5.32 Å². The van der Waals surface area contributed by atoms with Gasteiger partial charge in [0, 0.05) is 23.3 Å². The number of amides is 1. The SMILES string of the molecule is COC(=O)NC(OC)(c1cccc(Br)c1)c1cnc2cccnn12. The second-order valence-corrected chi connectivity index (χ2v) is 5.87. The predicted molar refractivity (Wildman–Crippen MR) is 90.5 cm³/mol. The van der Waals surface area contributed by atoms with Crippen LogP contribution in [-0.4, -0.2) is 34.9 Å². The van der Waals surface area contributed by atoms with Gasteiger partial charge >= 0.3 is 6.09 Å². The van der Waals surface area contributed by atoms with E-state index >= 15 is 0 Å². The van der Waals surface area contributed by atoms with E-state index in [1.54, 1.807) is 23.0 Å². The van der Waals surface area contributed by atoms with Gasteiger partial charge in [0.25, 0.3) is 0 Å². The van der Waals surface area contributed by atoms with Crippen LogP contribution >= 0.6 is 15.9 Å². The van der Waals surface area contributed by atoms with E-state index in [9.17, 15) is 4.79 Å². The summed E-state index contributed by atoms with van der Waals surface area (Å²) in [7, 11) is 2.79. The Morgan fingerprint density at radius 1 is 1.29 bits per heavy atom. The number of aromatic nitrogens is 3. The Balaban J connectivity index is 2.26. The Hall–Kier alpha value is -2.45. The number of alkyl carbamates (subject to hydrolysis) is 1. The molecule has 2 aromatic heterocycles. The van der Waals surface area contributed by atoms with Crippen LogP contribution in [0.4, 0.5) is 4.79 Å². The Kier molecular flexibility index (Phi) is 4.50. The summed E-state index contributed by atoms with van der Waals surface area (Å²) >= 11 is 3.44. The lowest BCUT2D eigenvalue weighted by molar-refractivity contribution is -0.0112. The Morgan fingerprint density at radius 2 is 2.12 bits per heavy atom. The molecule has 8 heteroatoms. The van der Waals surface area contributed by atoms with Crippen LogP contribution in [0.15, 0.2) is 53.3 Å². The molecule has 0 radical (unpaired) electrons. The quantitative estimate of drug-likeness (QED) is 0.692. The van der Waals surface area contributed by atoms with E-state index < -0.39 is 11.8 Å². The molecular formula is C16H15BrN4O3.